The maximum Gasteiger partial charge on any atom is 0.255 e. The molecule has 0 aliphatic carbocycles. The summed E-state index contributed by atoms with van der Waals surface area (Å²) < 4.78 is 1.65. The van der Waals surface area contributed by atoms with Crippen LogP contribution in [-0.2, 0) is 11.8 Å². The number of benzene rings is 1. The SMILES string of the molecule is C[C@@H](NC(=O)c1c[nH]c2ncc(-c3nn(C)c4cc(Cl)cc(Cl)c34)nc12)C(=O)N1CC(C#N)C1. The Hall–Kier alpha value is -3.68. The minimum absolute atomic E-state index is 0.152. The van der Waals surface area contributed by atoms with Gasteiger partial charge in [0, 0.05) is 36.7 Å². The number of nitrogens with zero attached hydrogens (tertiary/aromatic N) is 6. The number of nitrogens with one attached hydrogen (secondary N) is 2. The van der Waals surface area contributed by atoms with Crippen molar-refractivity contribution in [2.75, 3.05) is 13.1 Å². The minimum Gasteiger partial charge on any atom is -0.344 e. The van der Waals surface area contributed by atoms with E-state index in [4.69, 9.17) is 28.5 Å². The number of carbonyl (C=O) groups excluding carboxylic acids is 2. The number of hydrogen-bond acceptors (Lipinski definition) is 6. The van der Waals surface area contributed by atoms with E-state index in [1.165, 1.54) is 6.20 Å². The molecule has 0 bridgehead atoms. The first kappa shape index (κ1) is 22.1. The summed E-state index contributed by atoms with van der Waals surface area (Å²) >= 11 is 12.6. The predicted octanol–water partition coefficient (Wildman–Crippen LogP) is 2.92. The van der Waals surface area contributed by atoms with Crippen LogP contribution < -0.4 is 5.32 Å². The largest absolute Gasteiger partial charge is 0.344 e. The maximum absolute atomic E-state index is 13.0. The van der Waals surface area contributed by atoms with Crippen molar-refractivity contribution in [2.24, 2.45) is 13.0 Å². The molecule has 1 aromatic carbocycles. The van der Waals surface area contributed by atoms with Crippen molar-refractivity contribution >= 4 is 57.1 Å². The van der Waals surface area contributed by atoms with Crippen LogP contribution in [0.1, 0.15) is 17.3 Å². The van der Waals surface area contributed by atoms with Crippen LogP contribution in [0.3, 0.4) is 0 Å². The van der Waals surface area contributed by atoms with Crippen molar-refractivity contribution in [2.45, 2.75) is 13.0 Å². The number of likely N-dealkylation sites (tertiary alicyclic amines) is 1. The zero-order chi connectivity index (χ0) is 24.1. The number of fused-ring (bicyclic) bond motifs is 2. The molecule has 34 heavy (non-hydrogen) atoms. The van der Waals surface area contributed by atoms with Gasteiger partial charge in [0.2, 0.25) is 5.91 Å². The van der Waals surface area contributed by atoms with Crippen LogP contribution in [0.5, 0.6) is 0 Å². The summed E-state index contributed by atoms with van der Waals surface area (Å²) in [7, 11) is 1.77. The Balaban J connectivity index is 1.45. The molecule has 1 aliphatic rings. The Morgan fingerprint density at radius 3 is 2.82 bits per heavy atom. The molecule has 172 valence electrons. The summed E-state index contributed by atoms with van der Waals surface area (Å²) in [6, 6.07) is 4.76. The lowest BCUT2D eigenvalue weighted by molar-refractivity contribution is -0.137. The average molecular weight is 497 g/mol. The van der Waals surface area contributed by atoms with Crippen molar-refractivity contribution in [1.29, 1.82) is 5.26 Å². The Labute approximate surface area is 203 Å². The molecule has 4 heterocycles. The molecule has 12 heteroatoms. The lowest BCUT2D eigenvalue weighted by Crippen LogP contribution is -2.55. The number of halogens is 2. The van der Waals surface area contributed by atoms with Gasteiger partial charge in [-0.25, -0.2) is 9.97 Å². The van der Waals surface area contributed by atoms with Gasteiger partial charge in [0.1, 0.15) is 22.9 Å². The number of hydrogen-bond donors (Lipinski definition) is 2. The second kappa shape index (κ2) is 8.27. The van der Waals surface area contributed by atoms with E-state index >= 15 is 0 Å². The van der Waals surface area contributed by atoms with Crippen LogP contribution >= 0.6 is 23.2 Å². The van der Waals surface area contributed by atoms with Crippen molar-refractivity contribution in [3.8, 4) is 17.5 Å². The van der Waals surface area contributed by atoms with Crippen LogP contribution in [0, 0.1) is 17.2 Å². The molecule has 0 unspecified atom stereocenters. The Morgan fingerprint density at radius 2 is 2.09 bits per heavy atom. The van der Waals surface area contributed by atoms with Gasteiger partial charge in [0.15, 0.2) is 5.65 Å². The number of nitriles is 1. The molecule has 0 spiro atoms. The van der Waals surface area contributed by atoms with Crippen molar-refractivity contribution in [1.82, 2.24) is 34.9 Å². The van der Waals surface area contributed by atoms with Gasteiger partial charge < -0.3 is 15.2 Å². The molecule has 0 saturated carbocycles. The molecular formula is C22H18Cl2N8O2. The quantitative estimate of drug-likeness (QED) is 0.446. The number of amides is 2. The normalized spacial score (nSPS) is 14.7. The number of aromatic nitrogens is 5. The fourth-order valence-electron chi connectivity index (χ4n) is 4.01. The lowest BCUT2D eigenvalue weighted by Gasteiger charge is -2.37. The van der Waals surface area contributed by atoms with Crippen LogP contribution in [0.25, 0.3) is 33.5 Å². The minimum atomic E-state index is -0.753. The number of H-pyrrole nitrogens is 1. The molecule has 1 fully saturated rings. The van der Waals surface area contributed by atoms with Crippen LogP contribution in [0.15, 0.2) is 24.5 Å². The highest BCUT2D eigenvalue weighted by Crippen LogP contribution is 2.35. The number of rotatable bonds is 4. The van der Waals surface area contributed by atoms with Crippen LogP contribution in [0.4, 0.5) is 0 Å². The van der Waals surface area contributed by atoms with E-state index in [9.17, 15) is 9.59 Å². The van der Waals surface area contributed by atoms with Gasteiger partial charge in [0.05, 0.1) is 34.3 Å². The van der Waals surface area contributed by atoms with E-state index in [2.05, 4.69) is 31.4 Å². The van der Waals surface area contributed by atoms with E-state index < -0.39 is 11.9 Å². The average Bonchev–Trinajstić information content (AvgIpc) is 3.33. The fraction of sp³-hybridized carbons (Fsp3) is 0.273. The van der Waals surface area contributed by atoms with Crippen molar-refractivity contribution in [3.05, 3.63) is 40.1 Å². The van der Waals surface area contributed by atoms with Crippen LogP contribution in [0.2, 0.25) is 10.0 Å². The summed E-state index contributed by atoms with van der Waals surface area (Å²) in [5.41, 5.74) is 2.68. The van der Waals surface area contributed by atoms with Crippen LogP contribution in [-0.4, -0.2) is 60.6 Å². The van der Waals surface area contributed by atoms with Crippen molar-refractivity contribution < 1.29 is 9.59 Å². The lowest BCUT2D eigenvalue weighted by atomic mass is 10.0. The molecule has 10 nitrogen and oxygen atoms in total. The second-order valence-corrected chi connectivity index (χ2v) is 9.02. The summed E-state index contributed by atoms with van der Waals surface area (Å²) in [5, 5.41) is 17.7. The molecule has 2 N–H and O–H groups in total. The second-order valence-electron chi connectivity index (χ2n) is 8.17. The smallest absolute Gasteiger partial charge is 0.255 e. The Morgan fingerprint density at radius 1 is 1.32 bits per heavy atom. The van der Waals surface area contributed by atoms with E-state index in [0.29, 0.717) is 51.1 Å². The first-order chi connectivity index (χ1) is 16.3. The highest BCUT2D eigenvalue weighted by molar-refractivity contribution is 6.39. The highest BCUT2D eigenvalue weighted by atomic mass is 35.5. The zero-order valence-electron chi connectivity index (χ0n) is 18.1. The third kappa shape index (κ3) is 3.63. The molecule has 0 radical (unpaired) electrons. The zero-order valence-corrected chi connectivity index (χ0v) is 19.6. The monoisotopic (exact) mass is 496 g/mol. The molecule has 5 rings (SSSR count). The number of carbonyl (C=O) groups is 2. The molecule has 4 aromatic rings. The number of aromatic amines is 1. The third-order valence-corrected chi connectivity index (χ3v) is 6.35. The molecule has 1 atom stereocenters. The van der Waals surface area contributed by atoms with Crippen molar-refractivity contribution in [3.63, 3.8) is 0 Å². The summed E-state index contributed by atoms with van der Waals surface area (Å²) in [4.78, 5) is 39.0. The summed E-state index contributed by atoms with van der Waals surface area (Å²) in [6.07, 6.45) is 3.05. The Kier molecular flexibility index (Phi) is 5.38. The molecular weight excluding hydrogens is 479 g/mol. The fourth-order valence-corrected chi connectivity index (χ4v) is 4.58. The number of aryl methyl sites for hydroxylation is 1. The third-order valence-electron chi connectivity index (χ3n) is 5.83. The predicted molar refractivity (Wildman–Crippen MR) is 126 cm³/mol. The summed E-state index contributed by atoms with van der Waals surface area (Å²) in [6.45, 7) is 2.37. The maximum atomic E-state index is 13.0. The van der Waals surface area contributed by atoms with Gasteiger partial charge in [-0.2, -0.15) is 10.4 Å². The molecule has 1 saturated heterocycles. The molecule has 1 aliphatic heterocycles. The van der Waals surface area contributed by atoms with Gasteiger partial charge in [-0.1, -0.05) is 23.2 Å². The molecule has 2 amide bonds. The van der Waals surface area contributed by atoms with Gasteiger partial charge in [-0.15, -0.1) is 0 Å². The first-order valence-electron chi connectivity index (χ1n) is 10.4. The first-order valence-corrected chi connectivity index (χ1v) is 11.2. The van der Waals surface area contributed by atoms with Gasteiger partial charge >= 0.3 is 0 Å². The Bertz CT molecular complexity index is 1510. The topological polar surface area (TPSA) is 133 Å². The standard InChI is InChI=1S/C22H18Cl2N8O2/c1-10(22(34)32-8-11(5-25)9-32)28-21(33)13-6-26-20-18(13)29-15(7-27-20)19-17-14(24)3-12(23)4-16(17)31(2)30-19/h3-4,6-7,10-11H,8-9H2,1-2H3,(H,26,27)(H,28,33)/t10-/m1/s1. The van der Waals surface area contributed by atoms with E-state index in [0.717, 1.165) is 5.52 Å². The van der Waals surface area contributed by atoms with E-state index in [1.54, 1.807) is 41.9 Å². The van der Waals surface area contributed by atoms with Gasteiger partial charge in [-0.3, -0.25) is 14.3 Å². The summed E-state index contributed by atoms with van der Waals surface area (Å²) in [5.74, 6) is -0.854. The van der Waals surface area contributed by atoms with Gasteiger partial charge in [-0.05, 0) is 19.1 Å². The van der Waals surface area contributed by atoms with E-state index in [-0.39, 0.29) is 17.4 Å². The highest BCUT2D eigenvalue weighted by Gasteiger charge is 2.33. The molecule has 3 aromatic heterocycles. The van der Waals surface area contributed by atoms with Gasteiger partial charge in [0.25, 0.3) is 5.91 Å². The van der Waals surface area contributed by atoms with E-state index in [1.807, 2.05) is 0 Å².